The van der Waals surface area contributed by atoms with E-state index in [0.717, 1.165) is 59.2 Å². The molecule has 2 rings (SSSR count). The van der Waals surface area contributed by atoms with E-state index in [9.17, 15) is 0 Å². The molecule has 2 atom stereocenters. The summed E-state index contributed by atoms with van der Waals surface area (Å²) >= 11 is 0. The highest BCUT2D eigenvalue weighted by Gasteiger charge is 2.35. The van der Waals surface area contributed by atoms with Gasteiger partial charge in [0.15, 0.2) is 0 Å². The smallest absolute Gasteiger partial charge is 0.134 e. The van der Waals surface area contributed by atoms with Gasteiger partial charge in [0.2, 0.25) is 0 Å². The van der Waals surface area contributed by atoms with Gasteiger partial charge >= 0.3 is 0 Å². The van der Waals surface area contributed by atoms with E-state index in [1.54, 1.807) is 0 Å². The molecule has 1 heterocycles. The number of allylic oxidation sites excluding steroid dienone is 8. The van der Waals surface area contributed by atoms with Gasteiger partial charge in [-0.25, -0.2) is 4.39 Å². The Kier molecular flexibility index (Phi) is 20.1. The molecule has 0 N–H and O–H groups in total. The van der Waals surface area contributed by atoms with Gasteiger partial charge in [0, 0.05) is 28.9 Å². The van der Waals surface area contributed by atoms with Crippen molar-refractivity contribution in [1.29, 1.82) is 0 Å². The van der Waals surface area contributed by atoms with Crippen LogP contribution >= 0.6 is 0 Å². The minimum absolute atomic E-state index is 0.138. The summed E-state index contributed by atoms with van der Waals surface area (Å²) in [4.78, 5) is 2.52. The Balaban J connectivity index is 0.00000198. The number of nitrogens with zero attached hydrogens (tertiary/aromatic N) is 1. The minimum atomic E-state index is -0.138. The molecule has 1 saturated heterocycles. The molecule has 0 amide bonds. The molecule has 1 aromatic carbocycles. The second kappa shape index (κ2) is 21.3. The Labute approximate surface area is 286 Å². The Morgan fingerprint density at radius 3 is 1.52 bits per heavy atom. The van der Waals surface area contributed by atoms with Crippen LogP contribution in [0.3, 0.4) is 0 Å². The first-order valence-corrected chi connectivity index (χ1v) is 18.2. The fraction of sp³-hybridized carbons (Fsp3) is 0.591. The SMILES string of the molecule is C=C(/C(C(C)=C(C)C)=C(C)\C(C)=C/C)c1c(F)c(C)c(C(=C)N2C(CC)CCC2CC)c(CC)c1CC.C=C(C)C.CCCCC. The summed E-state index contributed by atoms with van der Waals surface area (Å²) < 4.78 is 16.7. The minimum Gasteiger partial charge on any atom is -0.366 e. The Morgan fingerprint density at radius 2 is 1.20 bits per heavy atom. The van der Waals surface area contributed by atoms with Gasteiger partial charge in [0.1, 0.15) is 5.82 Å². The number of benzene rings is 1. The van der Waals surface area contributed by atoms with Gasteiger partial charge in [0.05, 0.1) is 0 Å². The van der Waals surface area contributed by atoms with Crippen molar-refractivity contribution in [2.75, 3.05) is 0 Å². The molecule has 1 aliphatic heterocycles. The molecule has 0 aromatic heterocycles. The normalized spacial score (nSPS) is 16.5. The highest BCUT2D eigenvalue weighted by atomic mass is 19.1. The third-order valence-corrected chi connectivity index (χ3v) is 9.60. The number of hydrogen-bond donors (Lipinski definition) is 0. The van der Waals surface area contributed by atoms with Crippen LogP contribution in [0.5, 0.6) is 0 Å². The van der Waals surface area contributed by atoms with Crippen molar-refractivity contribution in [3.63, 3.8) is 0 Å². The van der Waals surface area contributed by atoms with Crippen molar-refractivity contribution >= 4 is 11.3 Å². The largest absolute Gasteiger partial charge is 0.366 e. The fourth-order valence-electron chi connectivity index (χ4n) is 6.65. The molecule has 2 unspecified atom stereocenters. The molecule has 2 heteroatoms. The quantitative estimate of drug-likeness (QED) is 0.163. The van der Waals surface area contributed by atoms with Crippen LogP contribution in [0.15, 0.2) is 59.3 Å². The molecular weight excluding hydrogens is 561 g/mol. The summed E-state index contributed by atoms with van der Waals surface area (Å²) in [6.07, 6.45) is 12.4. The maximum absolute atomic E-state index is 16.7. The van der Waals surface area contributed by atoms with Crippen LogP contribution in [0.2, 0.25) is 0 Å². The molecule has 46 heavy (non-hydrogen) atoms. The van der Waals surface area contributed by atoms with Crippen LogP contribution in [0.4, 0.5) is 4.39 Å². The van der Waals surface area contributed by atoms with Gasteiger partial charge in [0.25, 0.3) is 0 Å². The van der Waals surface area contributed by atoms with Gasteiger partial charge < -0.3 is 4.90 Å². The maximum atomic E-state index is 16.7. The van der Waals surface area contributed by atoms with E-state index in [-0.39, 0.29) is 5.82 Å². The highest BCUT2D eigenvalue weighted by molar-refractivity contribution is 5.88. The zero-order chi connectivity index (χ0) is 35.9. The van der Waals surface area contributed by atoms with E-state index >= 15 is 4.39 Å². The summed E-state index contributed by atoms with van der Waals surface area (Å²) in [6, 6.07) is 0.955. The second-order valence-corrected chi connectivity index (χ2v) is 13.5. The molecule has 1 nitrogen and oxygen atoms in total. The first kappa shape index (κ1) is 43.4. The third-order valence-electron chi connectivity index (χ3n) is 9.60. The lowest BCUT2D eigenvalue weighted by atomic mass is 9.80. The summed E-state index contributed by atoms with van der Waals surface area (Å²) in [7, 11) is 0. The number of rotatable bonds is 12. The van der Waals surface area contributed by atoms with E-state index in [4.69, 9.17) is 0 Å². The molecule has 1 aromatic rings. The molecular formula is C44H72FN. The number of halogens is 1. The molecule has 0 saturated carbocycles. The Hall–Kier alpha value is -2.61. The van der Waals surface area contributed by atoms with Gasteiger partial charge in [-0.15, -0.1) is 6.58 Å². The zero-order valence-electron chi connectivity index (χ0n) is 33.0. The third kappa shape index (κ3) is 11.0. The molecule has 0 aliphatic carbocycles. The van der Waals surface area contributed by atoms with Crippen LogP contribution in [0.25, 0.3) is 11.3 Å². The fourth-order valence-corrected chi connectivity index (χ4v) is 6.65. The number of unbranched alkanes of at least 4 members (excludes halogenated alkanes) is 2. The maximum Gasteiger partial charge on any atom is 0.134 e. The van der Waals surface area contributed by atoms with E-state index in [1.165, 1.54) is 60.0 Å². The van der Waals surface area contributed by atoms with Crippen LogP contribution in [-0.2, 0) is 12.8 Å². The number of hydrogen-bond acceptors (Lipinski definition) is 1. The van der Waals surface area contributed by atoms with Gasteiger partial charge in [-0.05, 0) is 140 Å². The van der Waals surface area contributed by atoms with Gasteiger partial charge in [-0.1, -0.05) is 96.8 Å². The standard InChI is InChI=1S/C35H52FN.C5H12.C4H8/c1-14-22(8)24(10)32(23(9)21(6)7)25(11)34-31(18-5)30(17-4)33(26(12)35(34)36)27(13)37-28(15-2)19-20-29(37)16-3;1-3-5-4-2;1-4(2)3/h14,28-29H,11,13,15-20H2,1-10,12H3;3-5H2,1-2H3;1H2,2-3H3/b22-14-,32-24-;;. The molecule has 260 valence electrons. The predicted molar refractivity (Wildman–Crippen MR) is 209 cm³/mol. The van der Waals surface area contributed by atoms with Crippen LogP contribution in [0, 0.1) is 12.7 Å². The monoisotopic (exact) mass is 634 g/mol. The van der Waals surface area contributed by atoms with Crippen molar-refractivity contribution in [3.8, 4) is 0 Å². The highest BCUT2D eigenvalue weighted by Crippen LogP contribution is 2.43. The van der Waals surface area contributed by atoms with E-state index in [1.807, 2.05) is 20.8 Å². The molecule has 1 fully saturated rings. The molecule has 1 aliphatic rings. The van der Waals surface area contributed by atoms with Crippen molar-refractivity contribution in [2.45, 2.75) is 174 Å². The van der Waals surface area contributed by atoms with Crippen molar-refractivity contribution < 1.29 is 4.39 Å². The first-order valence-electron chi connectivity index (χ1n) is 18.2. The van der Waals surface area contributed by atoms with E-state index < -0.39 is 0 Å². The summed E-state index contributed by atoms with van der Waals surface area (Å²) in [5, 5.41) is 0. The lowest BCUT2D eigenvalue weighted by Crippen LogP contribution is -2.34. The lowest BCUT2D eigenvalue weighted by molar-refractivity contribution is 0.283. The summed E-state index contributed by atoms with van der Waals surface area (Å²) in [5.74, 6) is -0.138. The average Bonchev–Trinajstić information content (AvgIpc) is 3.44. The first-order chi connectivity index (χ1) is 21.6. The van der Waals surface area contributed by atoms with Crippen molar-refractivity contribution in [2.24, 2.45) is 0 Å². The summed E-state index contributed by atoms with van der Waals surface area (Å²) in [6.45, 7) is 44.6. The van der Waals surface area contributed by atoms with E-state index in [0.29, 0.717) is 23.2 Å². The predicted octanol–water partition coefficient (Wildman–Crippen LogP) is 14.3. The zero-order valence-corrected chi connectivity index (χ0v) is 33.0. The van der Waals surface area contributed by atoms with Crippen LogP contribution in [0.1, 0.15) is 170 Å². The van der Waals surface area contributed by atoms with E-state index in [2.05, 4.69) is 114 Å². The Bertz CT molecular complexity index is 1260. The lowest BCUT2D eigenvalue weighted by Gasteiger charge is -2.36. The van der Waals surface area contributed by atoms with Crippen LogP contribution in [-0.4, -0.2) is 17.0 Å². The summed E-state index contributed by atoms with van der Waals surface area (Å²) in [5.41, 5.74) is 13.5. The van der Waals surface area contributed by atoms with Crippen molar-refractivity contribution in [3.05, 3.63) is 92.9 Å². The Morgan fingerprint density at radius 1 is 0.761 bits per heavy atom. The molecule has 0 radical (unpaired) electrons. The number of likely N-dealkylation sites (tertiary alicyclic amines) is 1. The molecule has 0 bridgehead atoms. The van der Waals surface area contributed by atoms with Gasteiger partial charge in [-0.2, -0.15) is 0 Å². The van der Waals surface area contributed by atoms with Gasteiger partial charge in [-0.3, -0.25) is 0 Å². The topological polar surface area (TPSA) is 3.24 Å². The van der Waals surface area contributed by atoms with Crippen molar-refractivity contribution in [1.82, 2.24) is 4.90 Å². The van der Waals surface area contributed by atoms with Crippen LogP contribution < -0.4 is 0 Å². The second-order valence-electron chi connectivity index (χ2n) is 13.5. The molecule has 0 spiro atoms. The average molecular weight is 634 g/mol.